The lowest BCUT2D eigenvalue weighted by Gasteiger charge is -2.35. The molecule has 1 aliphatic rings. The summed E-state index contributed by atoms with van der Waals surface area (Å²) < 4.78 is 11.8. The van der Waals surface area contributed by atoms with Crippen LogP contribution >= 0.6 is 15.9 Å². The van der Waals surface area contributed by atoms with E-state index in [1.54, 1.807) is 11.8 Å². The van der Waals surface area contributed by atoms with Gasteiger partial charge >= 0.3 is 5.97 Å². The van der Waals surface area contributed by atoms with E-state index in [0.717, 1.165) is 10.2 Å². The summed E-state index contributed by atoms with van der Waals surface area (Å²) in [6, 6.07) is 7.51. The number of ether oxygens (including phenoxy) is 2. The highest BCUT2D eigenvalue weighted by Gasteiger charge is 2.32. The highest BCUT2D eigenvalue weighted by Crippen LogP contribution is 2.18. The SMILES string of the molecule is C[C@@H]1CN(C(=O)CCCOc2cccc(Br)c2)CC(C(=O)O)O1. The van der Waals surface area contributed by atoms with Gasteiger partial charge in [-0.3, -0.25) is 4.79 Å². The third kappa shape index (κ3) is 5.51. The fourth-order valence-corrected chi connectivity index (χ4v) is 2.80. The standard InChI is InChI=1S/C16H20BrNO5/c1-11-9-18(10-14(23-11)16(20)21)15(19)6-3-7-22-13-5-2-4-12(17)8-13/h2,4-5,8,11,14H,3,6-7,9-10H2,1H3,(H,20,21)/t11-,14?/m1/s1. The number of halogens is 1. The minimum absolute atomic E-state index is 0.0655. The molecule has 1 aromatic carbocycles. The van der Waals surface area contributed by atoms with Crippen LogP contribution in [0.4, 0.5) is 0 Å². The Morgan fingerprint density at radius 3 is 2.91 bits per heavy atom. The van der Waals surface area contributed by atoms with Crippen molar-refractivity contribution in [2.24, 2.45) is 0 Å². The average Bonchev–Trinajstić information content (AvgIpc) is 2.50. The number of benzene rings is 1. The van der Waals surface area contributed by atoms with Crippen LogP contribution < -0.4 is 4.74 Å². The number of rotatable bonds is 6. The quantitative estimate of drug-likeness (QED) is 0.760. The van der Waals surface area contributed by atoms with Gasteiger partial charge in [-0.15, -0.1) is 0 Å². The summed E-state index contributed by atoms with van der Waals surface area (Å²) in [6.07, 6.45) is -0.311. The molecule has 126 valence electrons. The predicted molar refractivity (Wildman–Crippen MR) is 87.4 cm³/mol. The second kappa shape index (κ2) is 8.31. The van der Waals surface area contributed by atoms with Crippen molar-refractivity contribution in [3.05, 3.63) is 28.7 Å². The number of carboxylic acid groups (broad SMARTS) is 1. The third-order valence-electron chi connectivity index (χ3n) is 3.49. The van der Waals surface area contributed by atoms with Gasteiger partial charge in [-0.25, -0.2) is 4.79 Å². The summed E-state index contributed by atoms with van der Waals surface area (Å²) in [6.45, 7) is 2.73. The van der Waals surface area contributed by atoms with Crippen molar-refractivity contribution in [1.82, 2.24) is 4.90 Å². The number of carbonyl (C=O) groups is 2. The summed E-state index contributed by atoms with van der Waals surface area (Å²) in [5, 5.41) is 9.03. The summed E-state index contributed by atoms with van der Waals surface area (Å²) in [5.74, 6) is -0.352. The molecule has 1 fully saturated rings. The molecule has 1 unspecified atom stereocenters. The van der Waals surface area contributed by atoms with Crippen molar-refractivity contribution in [3.8, 4) is 5.75 Å². The van der Waals surface area contributed by atoms with Crippen LogP contribution in [0.1, 0.15) is 19.8 Å². The third-order valence-corrected chi connectivity index (χ3v) is 3.98. The Bertz CT molecular complexity index is 565. The lowest BCUT2D eigenvalue weighted by Crippen LogP contribution is -2.51. The molecular weight excluding hydrogens is 366 g/mol. The minimum atomic E-state index is -1.03. The fraction of sp³-hybridized carbons (Fsp3) is 0.500. The van der Waals surface area contributed by atoms with Crippen molar-refractivity contribution in [1.29, 1.82) is 0 Å². The van der Waals surface area contributed by atoms with Gasteiger partial charge in [0.05, 0.1) is 19.3 Å². The van der Waals surface area contributed by atoms with Crippen LogP contribution in [0.15, 0.2) is 28.7 Å². The smallest absolute Gasteiger partial charge is 0.334 e. The van der Waals surface area contributed by atoms with Crippen LogP contribution in [-0.2, 0) is 14.3 Å². The summed E-state index contributed by atoms with van der Waals surface area (Å²) in [7, 11) is 0. The van der Waals surface area contributed by atoms with Gasteiger partial charge in [-0.05, 0) is 31.5 Å². The molecule has 0 radical (unpaired) electrons. The first-order valence-corrected chi connectivity index (χ1v) is 8.29. The first kappa shape index (κ1) is 17.7. The number of aliphatic carboxylic acids is 1. The van der Waals surface area contributed by atoms with Crippen molar-refractivity contribution in [2.75, 3.05) is 19.7 Å². The number of nitrogens with zero attached hydrogens (tertiary/aromatic N) is 1. The Morgan fingerprint density at radius 1 is 1.43 bits per heavy atom. The Morgan fingerprint density at radius 2 is 2.22 bits per heavy atom. The average molecular weight is 386 g/mol. The van der Waals surface area contributed by atoms with E-state index in [4.69, 9.17) is 14.6 Å². The summed E-state index contributed by atoms with van der Waals surface area (Å²) >= 11 is 3.37. The van der Waals surface area contributed by atoms with E-state index in [9.17, 15) is 9.59 Å². The summed E-state index contributed by atoms with van der Waals surface area (Å²) in [5.41, 5.74) is 0. The van der Waals surface area contributed by atoms with Gasteiger partial charge in [-0.1, -0.05) is 22.0 Å². The Hall–Kier alpha value is -1.60. The number of amides is 1. The fourth-order valence-electron chi connectivity index (χ4n) is 2.42. The Balaban J connectivity index is 1.75. The maximum atomic E-state index is 12.2. The largest absolute Gasteiger partial charge is 0.494 e. The van der Waals surface area contributed by atoms with Crippen molar-refractivity contribution in [2.45, 2.75) is 32.0 Å². The molecule has 1 amide bonds. The van der Waals surface area contributed by atoms with Crippen molar-refractivity contribution >= 4 is 27.8 Å². The van der Waals surface area contributed by atoms with Crippen LogP contribution in [0.3, 0.4) is 0 Å². The molecule has 1 heterocycles. The molecule has 0 saturated carbocycles. The predicted octanol–water partition coefficient (Wildman–Crippen LogP) is 2.31. The first-order chi connectivity index (χ1) is 11.0. The Labute approximate surface area is 143 Å². The van der Waals surface area contributed by atoms with Gasteiger partial charge in [0.2, 0.25) is 5.91 Å². The molecule has 7 heteroatoms. The molecule has 0 bridgehead atoms. The van der Waals surface area contributed by atoms with E-state index in [-0.39, 0.29) is 18.6 Å². The molecule has 0 aliphatic carbocycles. The van der Waals surface area contributed by atoms with E-state index in [1.165, 1.54) is 0 Å². The van der Waals surface area contributed by atoms with Crippen LogP contribution in [-0.4, -0.2) is 53.8 Å². The number of morpholine rings is 1. The Kier molecular flexibility index (Phi) is 6.41. The topological polar surface area (TPSA) is 76.1 Å². The van der Waals surface area contributed by atoms with Crippen molar-refractivity contribution in [3.63, 3.8) is 0 Å². The van der Waals surface area contributed by atoms with Gasteiger partial charge in [0, 0.05) is 17.4 Å². The monoisotopic (exact) mass is 385 g/mol. The van der Waals surface area contributed by atoms with E-state index in [2.05, 4.69) is 15.9 Å². The van der Waals surface area contributed by atoms with Gasteiger partial charge in [0.15, 0.2) is 6.10 Å². The van der Waals surface area contributed by atoms with Crippen LogP contribution in [0.25, 0.3) is 0 Å². The number of hydrogen-bond donors (Lipinski definition) is 1. The van der Waals surface area contributed by atoms with E-state index < -0.39 is 12.1 Å². The zero-order valence-electron chi connectivity index (χ0n) is 12.9. The zero-order valence-corrected chi connectivity index (χ0v) is 14.5. The molecule has 2 atom stereocenters. The number of carboxylic acids is 1. The second-order valence-electron chi connectivity index (χ2n) is 5.48. The summed E-state index contributed by atoms with van der Waals surface area (Å²) in [4.78, 5) is 24.8. The van der Waals surface area contributed by atoms with Gasteiger partial charge < -0.3 is 19.5 Å². The van der Waals surface area contributed by atoms with E-state index in [0.29, 0.717) is 26.0 Å². The highest BCUT2D eigenvalue weighted by atomic mass is 79.9. The molecular formula is C16H20BrNO5. The molecule has 23 heavy (non-hydrogen) atoms. The molecule has 1 saturated heterocycles. The minimum Gasteiger partial charge on any atom is -0.494 e. The molecule has 0 spiro atoms. The first-order valence-electron chi connectivity index (χ1n) is 7.50. The molecule has 6 nitrogen and oxygen atoms in total. The van der Waals surface area contributed by atoms with Crippen molar-refractivity contribution < 1.29 is 24.2 Å². The number of carbonyl (C=O) groups excluding carboxylic acids is 1. The van der Waals surface area contributed by atoms with Gasteiger partial charge in [0.25, 0.3) is 0 Å². The zero-order chi connectivity index (χ0) is 16.8. The van der Waals surface area contributed by atoms with Crippen LogP contribution in [0.5, 0.6) is 5.75 Å². The molecule has 1 aromatic rings. The maximum Gasteiger partial charge on any atom is 0.334 e. The molecule has 1 N–H and O–H groups in total. The lowest BCUT2D eigenvalue weighted by atomic mass is 10.2. The molecule has 1 aliphatic heterocycles. The lowest BCUT2D eigenvalue weighted by molar-refractivity contribution is -0.166. The van der Waals surface area contributed by atoms with Crippen LogP contribution in [0, 0.1) is 0 Å². The number of hydrogen-bond acceptors (Lipinski definition) is 4. The molecule has 2 rings (SSSR count). The van der Waals surface area contributed by atoms with E-state index in [1.807, 2.05) is 24.3 Å². The normalized spacial score (nSPS) is 21.0. The highest BCUT2D eigenvalue weighted by molar-refractivity contribution is 9.10. The van der Waals surface area contributed by atoms with Gasteiger partial charge in [0.1, 0.15) is 5.75 Å². The van der Waals surface area contributed by atoms with Gasteiger partial charge in [-0.2, -0.15) is 0 Å². The second-order valence-corrected chi connectivity index (χ2v) is 6.40. The molecule has 0 aromatic heterocycles. The van der Waals surface area contributed by atoms with Crippen LogP contribution in [0.2, 0.25) is 0 Å². The van der Waals surface area contributed by atoms with E-state index >= 15 is 0 Å². The maximum absolute atomic E-state index is 12.2.